The van der Waals surface area contributed by atoms with Crippen LogP contribution in [0.5, 0.6) is 0 Å². The first-order valence-electron chi connectivity index (χ1n) is 32.3. The number of ether oxygens (including phenoxy) is 3. The molecule has 0 amide bonds. The molecular weight excluding hydrogens is 1610 g/mol. The van der Waals surface area contributed by atoms with E-state index in [1.807, 2.05) is 103 Å². The molecule has 3 aliphatic heterocycles. The number of aromatic nitrogens is 9. The number of benzene rings is 3. The average molecular weight is 1720 g/mol. The van der Waals surface area contributed by atoms with E-state index in [2.05, 4.69) is 69.4 Å². The fourth-order valence-electron chi connectivity index (χ4n) is 8.16. The number of halogens is 3. The van der Waals surface area contributed by atoms with Gasteiger partial charge in [0.2, 0.25) is 11.8 Å². The van der Waals surface area contributed by atoms with E-state index in [0.29, 0.717) is 63.1 Å². The molecule has 10 aromatic rings. The molecule has 2 unspecified atom stereocenters. The molecule has 0 saturated carbocycles. The van der Waals surface area contributed by atoms with Crippen molar-refractivity contribution in [1.82, 2.24) is 51.2 Å². The van der Waals surface area contributed by atoms with Gasteiger partial charge in [-0.1, -0.05) is 91.0 Å². The van der Waals surface area contributed by atoms with Gasteiger partial charge in [0, 0.05) is 116 Å². The van der Waals surface area contributed by atoms with Gasteiger partial charge in [-0.3, -0.25) is 0 Å². The van der Waals surface area contributed by atoms with E-state index in [-0.39, 0.29) is 61.5 Å². The summed E-state index contributed by atoms with van der Waals surface area (Å²) >= 11 is 6.48. The van der Waals surface area contributed by atoms with E-state index >= 15 is 0 Å². The molecule has 0 bridgehead atoms. The minimum absolute atomic E-state index is 0. The first kappa shape index (κ1) is 93.8. The fraction of sp³-hybridized carbons (Fsp3) is 0.426. The Morgan fingerprint density at radius 1 is 0.525 bits per heavy atom. The SMILES string of the molecule is Cc1ncsc1CN.Cc1nnc(CN)o1.Cl.N.NCC1CCCO1.NCC1CCOC1.NCC1CCOCC1.NCCc1ccccc1.NCc1cnc(-c2ccccc2)s1.NCc1cncnc1.NCc1scnc1-c1ccccc1.N[I-]CCc1cnco1.N[I-]CCc1cncs1. The Hall–Kier alpha value is -5.24. The molecule has 0 radical (unpaired) electrons. The summed E-state index contributed by atoms with van der Waals surface area (Å²) in [7, 11) is 0. The Labute approximate surface area is 640 Å². The second-order valence-electron chi connectivity index (χ2n) is 21.1. The summed E-state index contributed by atoms with van der Waals surface area (Å²) in [4.78, 5) is 32.7. The van der Waals surface area contributed by atoms with Crippen molar-refractivity contribution >= 4 is 57.8 Å². The van der Waals surface area contributed by atoms with Crippen LogP contribution in [0, 0.1) is 25.7 Å². The van der Waals surface area contributed by atoms with Crippen molar-refractivity contribution in [2.75, 3.05) is 68.1 Å². The van der Waals surface area contributed by atoms with E-state index in [0.717, 1.165) is 157 Å². The summed E-state index contributed by atoms with van der Waals surface area (Å²) in [5, 5.41) is 8.23. The Morgan fingerprint density at radius 3 is 1.57 bits per heavy atom. The number of oxazole rings is 1. The van der Waals surface area contributed by atoms with Crippen LogP contribution in [0.25, 0.3) is 21.8 Å². The third-order valence-electron chi connectivity index (χ3n) is 13.7. The molecule has 562 valence electrons. The molecule has 13 rings (SSSR count). The average Bonchev–Trinajstić information content (AvgIpc) is 1.76. The van der Waals surface area contributed by atoms with E-state index < -0.39 is 0 Å². The van der Waals surface area contributed by atoms with Crippen LogP contribution in [0.3, 0.4) is 0 Å². The van der Waals surface area contributed by atoms with Crippen LogP contribution in [0.1, 0.15) is 86.0 Å². The van der Waals surface area contributed by atoms with Gasteiger partial charge in [-0.25, -0.2) is 24.9 Å². The van der Waals surface area contributed by atoms with E-state index in [1.54, 1.807) is 70.9 Å². The van der Waals surface area contributed by atoms with Crippen molar-refractivity contribution < 1.29 is 66.0 Å². The molecule has 26 nitrogen and oxygen atoms in total. The van der Waals surface area contributed by atoms with E-state index in [4.69, 9.17) is 82.5 Å². The molecule has 3 fully saturated rings. The summed E-state index contributed by atoms with van der Waals surface area (Å²) in [6.45, 7) is 13.9. The first-order valence-corrected chi connectivity index (χ1v) is 41.3. The van der Waals surface area contributed by atoms with Crippen LogP contribution < -0.4 is 109 Å². The number of hydrogen-bond acceptors (Lipinski definition) is 30. The predicted molar refractivity (Wildman–Crippen MR) is 407 cm³/mol. The molecule has 10 heterocycles. The number of aryl methyl sites for hydroxylation is 4. The molecule has 3 saturated heterocycles. The van der Waals surface area contributed by atoms with Crippen LogP contribution in [-0.2, 0) is 66.2 Å². The molecule has 3 aromatic carbocycles. The number of nitrogens with two attached hydrogens (primary N) is 11. The van der Waals surface area contributed by atoms with Gasteiger partial charge < -0.3 is 76.4 Å². The van der Waals surface area contributed by atoms with Crippen LogP contribution in [0.4, 0.5) is 0 Å². The maximum absolute atomic E-state index is 5.60. The van der Waals surface area contributed by atoms with Gasteiger partial charge in [0.25, 0.3) is 0 Å². The predicted octanol–water partition coefficient (Wildman–Crippen LogP) is 2.30. The van der Waals surface area contributed by atoms with Gasteiger partial charge in [0.15, 0.2) is 0 Å². The number of thiazole rings is 4. The van der Waals surface area contributed by atoms with Crippen molar-refractivity contribution in [3.8, 4) is 21.8 Å². The zero-order valence-electron chi connectivity index (χ0n) is 58.1. The Bertz CT molecular complexity index is 3310. The summed E-state index contributed by atoms with van der Waals surface area (Å²) in [6.07, 6.45) is 21.1. The van der Waals surface area contributed by atoms with Gasteiger partial charge >= 0.3 is 133 Å². The second-order valence-corrected chi connectivity index (χ2v) is 29.0. The molecule has 101 heavy (non-hydrogen) atoms. The molecule has 3 aliphatic rings. The van der Waals surface area contributed by atoms with Crippen molar-refractivity contribution in [2.45, 2.75) is 104 Å². The molecule has 7 aromatic heterocycles. The van der Waals surface area contributed by atoms with Crippen molar-refractivity contribution in [1.29, 1.82) is 0 Å². The van der Waals surface area contributed by atoms with E-state index in [1.165, 1.54) is 38.9 Å². The second kappa shape index (κ2) is 63.3. The van der Waals surface area contributed by atoms with Crippen molar-refractivity contribution in [3.63, 3.8) is 0 Å². The summed E-state index contributed by atoms with van der Waals surface area (Å²) < 4.78 is 38.4. The minimum atomic E-state index is -0.0870. The quantitative estimate of drug-likeness (QED) is 0.0333. The van der Waals surface area contributed by atoms with Crippen LogP contribution in [0.15, 0.2) is 160 Å². The summed E-state index contributed by atoms with van der Waals surface area (Å²) in [5.41, 5.74) is 60.6. The Kier molecular flexibility index (Phi) is 58.7. The molecule has 2 atom stereocenters. The molecule has 25 N–H and O–H groups in total. The van der Waals surface area contributed by atoms with Crippen LogP contribution >= 0.6 is 57.8 Å². The number of alkyl halides is 2. The third-order valence-corrected chi connectivity index (χ3v) is 19.8. The van der Waals surface area contributed by atoms with Gasteiger partial charge in [-0.15, -0.1) is 56.6 Å². The van der Waals surface area contributed by atoms with Crippen LogP contribution in [-0.4, -0.2) is 119 Å². The van der Waals surface area contributed by atoms with Crippen LogP contribution in [0.2, 0.25) is 0 Å². The van der Waals surface area contributed by atoms with Gasteiger partial charge in [-0.2, -0.15) is 0 Å². The first-order chi connectivity index (χ1) is 48.5. The van der Waals surface area contributed by atoms with Gasteiger partial charge in [-0.05, 0) is 82.5 Å². The van der Waals surface area contributed by atoms with E-state index in [9.17, 15) is 0 Å². The van der Waals surface area contributed by atoms with Gasteiger partial charge in [0.1, 0.15) is 11.3 Å². The maximum atomic E-state index is 5.60. The number of nitrogens with zero attached hydrogens (tertiary/aromatic N) is 9. The third kappa shape index (κ3) is 44.2. The molecular formula is C68H108ClI2N21O5S4-2. The number of rotatable bonds is 18. The Balaban J connectivity index is 0.000000558. The zero-order chi connectivity index (χ0) is 71.6. The van der Waals surface area contributed by atoms with Gasteiger partial charge in [0.05, 0.1) is 41.7 Å². The monoisotopic (exact) mass is 1720 g/mol. The standard InChI is InChI=1S/2C10H10N2S.C8H11N.C6H13NO.C5H8IN2O.C5H8IN2S.C5H7N3.C5H8N2S.2C5H11NO.C4H7N3O.ClH.H3N/c11-6-9-10(12-7-13-9)8-4-2-1-3-5-8;11-6-9-7-12-10(13-9)8-4-2-1-3-5-8;9-7-6-8-4-2-1-3-5-8;7-5-6-1-3-8-4-2-6;2*7-6-2-1-5-3-8-4-9-5;6-1-5-2-7-4-8-3-5;1-4-5(2-6)8-3-7-4;6-3-5-1-2-7-4-5;6-4-5-2-1-3-7-5;1-3-6-7-4(2-5)8-3;;/h2*1-5,7H,6,11H2;1-5H,6-7,9H2;6H,1-5,7H2;2*3-4H,1-2,7H2;2-4H,1,6H2;3H,2,6H2,1H3;2*5H,1-4,6H2;2,5H2,1H3;1H;1H3/q;;;;2*-1;;;;;;;. The molecule has 33 heteroatoms. The number of hydrogen-bond donors (Lipinski definition) is 12. The summed E-state index contributed by atoms with van der Waals surface area (Å²) in [5.74, 6) is 3.39. The molecule has 0 aliphatic carbocycles. The summed E-state index contributed by atoms with van der Waals surface area (Å²) in [6, 6.07) is 30.5. The normalized spacial score (nSPS) is 13.8. The molecule has 0 spiro atoms. The topological polar surface area (TPSA) is 491 Å². The van der Waals surface area contributed by atoms with Crippen molar-refractivity contribution in [3.05, 3.63) is 205 Å². The fourth-order valence-corrected chi connectivity index (χ4v) is 13.0. The van der Waals surface area contributed by atoms with Crippen molar-refractivity contribution in [2.24, 2.45) is 71.3 Å². The Morgan fingerprint density at radius 2 is 1.15 bits per heavy atom. The zero-order valence-corrected chi connectivity index (χ0v) is 66.5.